The fourth-order valence-electron chi connectivity index (χ4n) is 4.00. The van der Waals surface area contributed by atoms with Crippen LogP contribution in [0, 0.1) is 5.92 Å². The summed E-state index contributed by atoms with van der Waals surface area (Å²) in [6, 6.07) is 12.5. The van der Waals surface area contributed by atoms with Gasteiger partial charge in [-0.3, -0.25) is 9.59 Å². The maximum Gasteiger partial charge on any atom is 0.253 e. The van der Waals surface area contributed by atoms with Crippen molar-refractivity contribution in [3.8, 4) is 11.5 Å². The average molecular weight is 445 g/mol. The van der Waals surface area contributed by atoms with Crippen LogP contribution in [0.25, 0.3) is 0 Å². The van der Waals surface area contributed by atoms with Crippen LogP contribution in [0.2, 0.25) is 5.02 Å². The summed E-state index contributed by atoms with van der Waals surface area (Å²) in [5.74, 6) is 0.580. The van der Waals surface area contributed by atoms with Crippen LogP contribution in [0.4, 0.5) is 0 Å². The molecule has 0 spiro atoms. The van der Waals surface area contributed by atoms with Crippen LogP contribution < -0.4 is 14.8 Å². The quantitative estimate of drug-likeness (QED) is 0.621. The zero-order valence-electron chi connectivity index (χ0n) is 18.2. The number of benzene rings is 2. The van der Waals surface area contributed by atoms with Gasteiger partial charge in [-0.2, -0.15) is 0 Å². The first kappa shape index (κ1) is 22.9. The van der Waals surface area contributed by atoms with Crippen LogP contribution in [-0.2, 0) is 4.79 Å². The normalized spacial score (nSPS) is 18.0. The van der Waals surface area contributed by atoms with Crippen molar-refractivity contribution in [2.24, 2.45) is 5.92 Å². The van der Waals surface area contributed by atoms with Crippen LogP contribution >= 0.6 is 11.6 Å². The molecule has 1 aliphatic rings. The van der Waals surface area contributed by atoms with E-state index in [1.165, 1.54) is 0 Å². The molecule has 2 aromatic carbocycles. The highest BCUT2D eigenvalue weighted by atomic mass is 35.5. The molecule has 0 aliphatic carbocycles. The molecule has 6 nitrogen and oxygen atoms in total. The molecule has 2 atom stereocenters. The molecule has 0 bridgehead atoms. The molecule has 0 radical (unpaired) electrons. The number of carbonyl (C=O) groups excluding carboxylic acids is 2. The minimum atomic E-state index is -0.373. The molecule has 1 heterocycles. The summed E-state index contributed by atoms with van der Waals surface area (Å²) >= 11 is 6.08. The first-order valence-electron chi connectivity index (χ1n) is 10.5. The van der Waals surface area contributed by atoms with Gasteiger partial charge in [-0.05, 0) is 30.7 Å². The maximum atomic E-state index is 13.1. The summed E-state index contributed by atoms with van der Waals surface area (Å²) in [5.41, 5.74) is 1.40. The third-order valence-corrected chi connectivity index (χ3v) is 5.92. The van der Waals surface area contributed by atoms with Gasteiger partial charge in [0.1, 0.15) is 11.5 Å². The van der Waals surface area contributed by atoms with Crippen LogP contribution in [-0.4, -0.2) is 50.6 Å². The van der Waals surface area contributed by atoms with Crippen molar-refractivity contribution in [2.75, 3.05) is 33.9 Å². The van der Waals surface area contributed by atoms with Gasteiger partial charge in [0.15, 0.2) is 0 Å². The zero-order valence-corrected chi connectivity index (χ0v) is 18.9. The molecular formula is C24H29ClN2O4. The van der Waals surface area contributed by atoms with Crippen molar-refractivity contribution in [3.63, 3.8) is 0 Å². The molecule has 7 heteroatoms. The second-order valence-electron chi connectivity index (χ2n) is 7.69. The second kappa shape index (κ2) is 10.5. The van der Waals surface area contributed by atoms with E-state index in [2.05, 4.69) is 12.2 Å². The molecule has 1 N–H and O–H groups in total. The van der Waals surface area contributed by atoms with Gasteiger partial charge in [0.2, 0.25) is 5.91 Å². The largest absolute Gasteiger partial charge is 0.497 e. The highest BCUT2D eigenvalue weighted by Crippen LogP contribution is 2.39. The molecule has 2 aromatic rings. The molecular weight excluding hydrogens is 416 g/mol. The summed E-state index contributed by atoms with van der Waals surface area (Å²) in [6.07, 6.45) is 1.92. The van der Waals surface area contributed by atoms with Crippen molar-refractivity contribution < 1.29 is 19.1 Å². The molecule has 0 unspecified atom stereocenters. The predicted octanol–water partition coefficient (Wildman–Crippen LogP) is 4.13. The molecule has 2 amide bonds. The molecule has 3 rings (SSSR count). The van der Waals surface area contributed by atoms with E-state index in [0.29, 0.717) is 41.7 Å². The number of likely N-dealkylation sites (tertiary alicyclic amines) is 1. The van der Waals surface area contributed by atoms with Crippen molar-refractivity contribution in [2.45, 2.75) is 25.7 Å². The maximum absolute atomic E-state index is 13.1. The molecule has 0 saturated carbocycles. The SMILES string of the molecule is CCCCNC(=O)[C@H]1CN(C(=O)c2cccc(Cl)c2)C[C@H]1c1ccc(OC)cc1OC. The fraction of sp³-hybridized carbons (Fsp3) is 0.417. The van der Waals surface area contributed by atoms with Crippen LogP contribution in [0.15, 0.2) is 42.5 Å². The lowest BCUT2D eigenvalue weighted by molar-refractivity contribution is -0.124. The number of unbranched alkanes of at least 4 members (excludes halogenated alkanes) is 1. The van der Waals surface area contributed by atoms with E-state index < -0.39 is 0 Å². The van der Waals surface area contributed by atoms with Crippen molar-refractivity contribution in [3.05, 3.63) is 58.6 Å². The predicted molar refractivity (Wildman–Crippen MR) is 121 cm³/mol. The average Bonchev–Trinajstić information content (AvgIpc) is 3.23. The minimum Gasteiger partial charge on any atom is -0.497 e. The molecule has 31 heavy (non-hydrogen) atoms. The van der Waals surface area contributed by atoms with Gasteiger partial charge >= 0.3 is 0 Å². The Balaban J connectivity index is 1.90. The third kappa shape index (κ3) is 5.31. The summed E-state index contributed by atoms with van der Waals surface area (Å²) < 4.78 is 10.9. The first-order chi connectivity index (χ1) is 15.0. The second-order valence-corrected chi connectivity index (χ2v) is 8.12. The number of amides is 2. The first-order valence-corrected chi connectivity index (χ1v) is 10.9. The third-order valence-electron chi connectivity index (χ3n) is 5.69. The molecule has 1 saturated heterocycles. The standard InChI is InChI=1S/C24H29ClN2O4/c1-4-5-11-26-23(28)21-15-27(24(29)16-7-6-8-17(25)12-16)14-20(21)19-10-9-18(30-2)13-22(19)31-3/h6-10,12-13,20-21H,4-5,11,14-15H2,1-3H3,(H,26,28)/t20-,21-/m0/s1. The lowest BCUT2D eigenvalue weighted by atomic mass is 9.87. The number of carbonyl (C=O) groups is 2. The Bertz CT molecular complexity index is 934. The number of halogens is 1. The number of hydrogen-bond donors (Lipinski definition) is 1. The molecule has 1 aliphatic heterocycles. The number of rotatable bonds is 8. The number of nitrogens with one attached hydrogen (secondary N) is 1. The Morgan fingerprint density at radius 2 is 1.94 bits per heavy atom. The van der Waals surface area contributed by atoms with E-state index in [-0.39, 0.29) is 23.7 Å². The lowest BCUT2D eigenvalue weighted by Gasteiger charge is -2.21. The number of ether oxygens (including phenoxy) is 2. The molecule has 0 aromatic heterocycles. The topological polar surface area (TPSA) is 67.9 Å². The van der Waals surface area contributed by atoms with Gasteiger partial charge in [-0.15, -0.1) is 0 Å². The van der Waals surface area contributed by atoms with Crippen LogP contribution in [0.1, 0.15) is 41.6 Å². The zero-order chi connectivity index (χ0) is 22.4. The summed E-state index contributed by atoms with van der Waals surface area (Å²) in [5, 5.41) is 3.54. The highest BCUT2D eigenvalue weighted by molar-refractivity contribution is 6.30. The van der Waals surface area contributed by atoms with Gasteiger partial charge in [-0.25, -0.2) is 0 Å². The van der Waals surface area contributed by atoms with Gasteiger partial charge < -0.3 is 19.7 Å². The summed E-state index contributed by atoms with van der Waals surface area (Å²) in [7, 11) is 3.19. The van der Waals surface area contributed by atoms with Gasteiger partial charge in [0.25, 0.3) is 5.91 Å². The van der Waals surface area contributed by atoms with E-state index in [4.69, 9.17) is 21.1 Å². The van der Waals surface area contributed by atoms with E-state index >= 15 is 0 Å². The summed E-state index contributed by atoms with van der Waals surface area (Å²) in [4.78, 5) is 27.9. The Morgan fingerprint density at radius 1 is 1.13 bits per heavy atom. The molecule has 166 valence electrons. The van der Waals surface area contributed by atoms with E-state index in [1.807, 2.05) is 18.2 Å². The highest BCUT2D eigenvalue weighted by Gasteiger charge is 2.41. The Hall–Kier alpha value is -2.73. The monoisotopic (exact) mass is 444 g/mol. The number of methoxy groups -OCH3 is 2. The summed E-state index contributed by atoms with van der Waals surface area (Å²) in [6.45, 7) is 3.46. The van der Waals surface area contributed by atoms with Crippen LogP contribution in [0.5, 0.6) is 11.5 Å². The van der Waals surface area contributed by atoms with E-state index in [9.17, 15) is 9.59 Å². The Labute approximate surface area is 188 Å². The smallest absolute Gasteiger partial charge is 0.253 e. The van der Waals surface area contributed by atoms with Crippen LogP contribution in [0.3, 0.4) is 0 Å². The molecule has 1 fully saturated rings. The lowest BCUT2D eigenvalue weighted by Crippen LogP contribution is -2.36. The number of nitrogens with zero attached hydrogens (tertiary/aromatic N) is 1. The van der Waals surface area contributed by atoms with Gasteiger partial charge in [0.05, 0.1) is 20.1 Å². The van der Waals surface area contributed by atoms with Crippen molar-refractivity contribution in [1.82, 2.24) is 10.2 Å². The van der Waals surface area contributed by atoms with Crippen molar-refractivity contribution in [1.29, 1.82) is 0 Å². The van der Waals surface area contributed by atoms with Crippen molar-refractivity contribution >= 4 is 23.4 Å². The Morgan fingerprint density at radius 3 is 2.61 bits per heavy atom. The van der Waals surface area contributed by atoms with Gasteiger partial charge in [0, 0.05) is 47.8 Å². The van der Waals surface area contributed by atoms with Gasteiger partial charge in [-0.1, -0.05) is 37.1 Å². The van der Waals surface area contributed by atoms with E-state index in [1.54, 1.807) is 43.4 Å². The fourth-order valence-corrected chi connectivity index (χ4v) is 4.19. The Kier molecular flexibility index (Phi) is 7.80. The minimum absolute atomic E-state index is 0.0438. The van der Waals surface area contributed by atoms with E-state index in [0.717, 1.165) is 18.4 Å². The number of hydrogen-bond acceptors (Lipinski definition) is 4.